The van der Waals surface area contributed by atoms with Crippen molar-refractivity contribution in [2.75, 3.05) is 26.7 Å². The van der Waals surface area contributed by atoms with Crippen LogP contribution in [0.25, 0.3) is 0 Å². The third-order valence-corrected chi connectivity index (χ3v) is 2.81. The van der Waals surface area contributed by atoms with Gasteiger partial charge in [0.25, 0.3) is 0 Å². The number of hydrogen-bond donors (Lipinski definition) is 0. The van der Waals surface area contributed by atoms with Gasteiger partial charge in [0.05, 0.1) is 13.5 Å². The first-order valence-electron chi connectivity index (χ1n) is 5.05. The molecule has 0 aliphatic carbocycles. The number of nitrogens with zero attached hydrogens (tertiary/aromatic N) is 1. The molecule has 3 nitrogen and oxygen atoms in total. The lowest BCUT2D eigenvalue weighted by molar-refractivity contribution is -0.140. The summed E-state index contributed by atoms with van der Waals surface area (Å²) >= 11 is 0. The number of likely N-dealkylation sites (tertiary alicyclic amines) is 1. The van der Waals surface area contributed by atoms with Gasteiger partial charge in [-0.15, -0.1) is 0 Å². The molecule has 1 unspecified atom stereocenters. The van der Waals surface area contributed by atoms with Crippen LogP contribution in [0.1, 0.15) is 26.2 Å². The normalized spacial score (nSPS) is 23.4. The number of methoxy groups -OCH3 is 1. The van der Waals surface area contributed by atoms with Crippen LogP contribution in [0.4, 0.5) is 0 Å². The molecule has 0 aromatic rings. The largest absolute Gasteiger partial charge is 0.469 e. The van der Waals surface area contributed by atoms with Gasteiger partial charge in [-0.1, -0.05) is 13.3 Å². The Balaban J connectivity index is 2.13. The highest BCUT2D eigenvalue weighted by Gasteiger charge is 2.20. The second kappa shape index (κ2) is 5.22. The smallest absolute Gasteiger partial charge is 0.306 e. The summed E-state index contributed by atoms with van der Waals surface area (Å²) in [5.74, 6) is 0.748. The van der Waals surface area contributed by atoms with Crippen molar-refractivity contribution in [1.29, 1.82) is 0 Å². The molecule has 0 aromatic carbocycles. The number of rotatable bonds is 4. The molecular formula is C10H19NO2. The van der Waals surface area contributed by atoms with Crippen molar-refractivity contribution >= 4 is 5.97 Å². The molecule has 0 spiro atoms. The number of carbonyl (C=O) groups excluding carboxylic acids is 1. The van der Waals surface area contributed by atoms with Gasteiger partial charge in [0.2, 0.25) is 0 Å². The lowest BCUT2D eigenvalue weighted by Crippen LogP contribution is -2.24. The Kier molecular flexibility index (Phi) is 4.22. The van der Waals surface area contributed by atoms with Crippen molar-refractivity contribution in [3.05, 3.63) is 0 Å². The molecule has 0 N–H and O–H groups in total. The summed E-state index contributed by atoms with van der Waals surface area (Å²) in [5, 5.41) is 0. The Morgan fingerprint density at radius 2 is 2.38 bits per heavy atom. The number of ether oxygens (including phenoxy) is 1. The Morgan fingerprint density at radius 1 is 1.62 bits per heavy atom. The van der Waals surface area contributed by atoms with Crippen LogP contribution in [0.3, 0.4) is 0 Å². The first kappa shape index (κ1) is 10.5. The Bertz CT molecular complexity index is 170. The summed E-state index contributed by atoms with van der Waals surface area (Å²) in [4.78, 5) is 13.2. The van der Waals surface area contributed by atoms with E-state index >= 15 is 0 Å². The highest BCUT2D eigenvalue weighted by Crippen LogP contribution is 2.18. The highest BCUT2D eigenvalue weighted by atomic mass is 16.5. The van der Waals surface area contributed by atoms with Crippen LogP contribution in [0.15, 0.2) is 0 Å². The minimum Gasteiger partial charge on any atom is -0.469 e. The van der Waals surface area contributed by atoms with Gasteiger partial charge in [-0.3, -0.25) is 4.79 Å². The van der Waals surface area contributed by atoms with Gasteiger partial charge in [0, 0.05) is 13.1 Å². The third kappa shape index (κ3) is 3.35. The predicted octanol–water partition coefficient (Wildman–Crippen LogP) is 1.28. The fourth-order valence-corrected chi connectivity index (χ4v) is 1.80. The molecule has 0 bridgehead atoms. The average molecular weight is 185 g/mol. The Morgan fingerprint density at radius 3 is 2.92 bits per heavy atom. The SMILES string of the molecule is CCC1CCN(CCC(=O)OC)C1. The summed E-state index contributed by atoms with van der Waals surface area (Å²) in [5.41, 5.74) is 0. The quantitative estimate of drug-likeness (QED) is 0.618. The summed E-state index contributed by atoms with van der Waals surface area (Å²) < 4.78 is 4.60. The zero-order chi connectivity index (χ0) is 9.68. The van der Waals surface area contributed by atoms with E-state index in [9.17, 15) is 4.79 Å². The molecular weight excluding hydrogens is 166 g/mol. The van der Waals surface area contributed by atoms with Gasteiger partial charge in [0.15, 0.2) is 0 Å². The van der Waals surface area contributed by atoms with E-state index in [1.807, 2.05) is 0 Å². The second-order valence-corrected chi connectivity index (χ2v) is 3.69. The van der Waals surface area contributed by atoms with Gasteiger partial charge in [0.1, 0.15) is 0 Å². The van der Waals surface area contributed by atoms with E-state index in [1.54, 1.807) is 0 Å². The summed E-state index contributed by atoms with van der Waals surface area (Å²) in [6, 6.07) is 0. The molecule has 0 radical (unpaired) electrons. The second-order valence-electron chi connectivity index (χ2n) is 3.69. The van der Waals surface area contributed by atoms with Crippen molar-refractivity contribution in [2.24, 2.45) is 5.92 Å². The monoisotopic (exact) mass is 185 g/mol. The van der Waals surface area contributed by atoms with E-state index in [0.717, 1.165) is 25.6 Å². The fraction of sp³-hybridized carbons (Fsp3) is 0.900. The van der Waals surface area contributed by atoms with Crippen LogP contribution in [-0.4, -0.2) is 37.6 Å². The predicted molar refractivity (Wildman–Crippen MR) is 51.5 cm³/mol. The van der Waals surface area contributed by atoms with Gasteiger partial charge in [-0.2, -0.15) is 0 Å². The number of carbonyl (C=O) groups is 1. The highest BCUT2D eigenvalue weighted by molar-refractivity contribution is 5.69. The molecule has 1 aliphatic heterocycles. The molecule has 1 atom stereocenters. The van der Waals surface area contributed by atoms with E-state index in [2.05, 4.69) is 16.6 Å². The minimum atomic E-state index is -0.0973. The van der Waals surface area contributed by atoms with Crippen molar-refractivity contribution < 1.29 is 9.53 Å². The summed E-state index contributed by atoms with van der Waals surface area (Å²) in [6.45, 7) is 5.40. The van der Waals surface area contributed by atoms with E-state index < -0.39 is 0 Å². The molecule has 13 heavy (non-hydrogen) atoms. The zero-order valence-corrected chi connectivity index (χ0v) is 8.58. The van der Waals surface area contributed by atoms with E-state index in [4.69, 9.17) is 0 Å². The van der Waals surface area contributed by atoms with Gasteiger partial charge >= 0.3 is 5.97 Å². The first-order valence-corrected chi connectivity index (χ1v) is 5.05. The maximum Gasteiger partial charge on any atom is 0.306 e. The van der Waals surface area contributed by atoms with Crippen LogP contribution in [-0.2, 0) is 9.53 Å². The summed E-state index contributed by atoms with van der Waals surface area (Å²) in [6.07, 6.45) is 3.08. The van der Waals surface area contributed by atoms with Gasteiger partial charge < -0.3 is 9.64 Å². The maximum atomic E-state index is 10.9. The van der Waals surface area contributed by atoms with Crippen molar-refractivity contribution in [3.8, 4) is 0 Å². The molecule has 0 aromatic heterocycles. The zero-order valence-electron chi connectivity index (χ0n) is 8.58. The first-order chi connectivity index (χ1) is 6.26. The average Bonchev–Trinajstić information content (AvgIpc) is 2.61. The topological polar surface area (TPSA) is 29.5 Å². The standard InChI is InChI=1S/C10H19NO2/c1-3-9-4-6-11(8-9)7-5-10(12)13-2/h9H,3-8H2,1-2H3. The van der Waals surface area contributed by atoms with E-state index in [-0.39, 0.29) is 5.97 Å². The fourth-order valence-electron chi connectivity index (χ4n) is 1.80. The van der Waals surface area contributed by atoms with Crippen LogP contribution < -0.4 is 0 Å². The molecule has 0 saturated carbocycles. The third-order valence-electron chi connectivity index (χ3n) is 2.81. The van der Waals surface area contributed by atoms with Crippen molar-refractivity contribution in [3.63, 3.8) is 0 Å². The van der Waals surface area contributed by atoms with Crippen LogP contribution in [0, 0.1) is 5.92 Å². The van der Waals surface area contributed by atoms with E-state index in [1.165, 1.54) is 20.0 Å². The maximum absolute atomic E-state index is 10.9. The molecule has 1 saturated heterocycles. The van der Waals surface area contributed by atoms with Gasteiger partial charge in [-0.25, -0.2) is 0 Å². The van der Waals surface area contributed by atoms with Crippen molar-refractivity contribution in [1.82, 2.24) is 4.90 Å². The van der Waals surface area contributed by atoms with Crippen LogP contribution in [0.5, 0.6) is 0 Å². The number of esters is 1. The van der Waals surface area contributed by atoms with Crippen LogP contribution in [0.2, 0.25) is 0 Å². The lowest BCUT2D eigenvalue weighted by atomic mass is 10.1. The van der Waals surface area contributed by atoms with E-state index in [0.29, 0.717) is 6.42 Å². The Hall–Kier alpha value is -0.570. The molecule has 1 heterocycles. The summed E-state index contributed by atoms with van der Waals surface area (Å²) in [7, 11) is 1.45. The van der Waals surface area contributed by atoms with Crippen molar-refractivity contribution in [2.45, 2.75) is 26.2 Å². The lowest BCUT2D eigenvalue weighted by Gasteiger charge is -2.14. The molecule has 3 heteroatoms. The molecule has 1 fully saturated rings. The molecule has 76 valence electrons. The number of hydrogen-bond acceptors (Lipinski definition) is 3. The van der Waals surface area contributed by atoms with Crippen LogP contribution >= 0.6 is 0 Å². The Labute approximate surface area is 80.1 Å². The minimum absolute atomic E-state index is 0.0973. The van der Waals surface area contributed by atoms with Gasteiger partial charge in [-0.05, 0) is 18.9 Å². The molecule has 1 aliphatic rings. The molecule has 1 rings (SSSR count). The molecule has 0 amide bonds.